The highest BCUT2D eigenvalue weighted by atomic mass is 14.6. The fraction of sp³-hybridized carbons (Fsp3) is 0. The largest absolute Gasteiger partial charge is 0.265 e. The van der Waals surface area contributed by atoms with E-state index >= 15 is 0 Å². The van der Waals surface area contributed by atoms with E-state index in [1.807, 2.05) is 73.8 Å². The van der Waals surface area contributed by atoms with E-state index in [-0.39, 0.29) is 0 Å². The lowest BCUT2D eigenvalue weighted by Gasteiger charge is -2.14. The summed E-state index contributed by atoms with van der Waals surface area (Å²) in [7, 11) is 0. The lowest BCUT2D eigenvalue weighted by Crippen LogP contribution is -1.88. The smallest absolute Gasteiger partial charge is 0.0346 e. The summed E-state index contributed by atoms with van der Waals surface area (Å²) in [6.45, 7) is 0. The topological polar surface area (TPSA) is 51.6 Å². The maximum Gasteiger partial charge on any atom is 0.0346 e. The molecule has 0 unspecified atom stereocenters. The average Bonchev–Trinajstić information content (AvgIpc) is 3.09. The molecule has 0 spiro atoms. The van der Waals surface area contributed by atoms with Crippen LogP contribution in [-0.4, -0.2) is 19.9 Å². The van der Waals surface area contributed by atoms with Gasteiger partial charge in [0.2, 0.25) is 0 Å². The van der Waals surface area contributed by atoms with Crippen LogP contribution in [0.5, 0.6) is 0 Å². The number of fused-ring (bicyclic) bond motifs is 6. The van der Waals surface area contributed by atoms with Crippen molar-refractivity contribution in [2.45, 2.75) is 0 Å². The predicted octanol–water partition coefficient (Wildman–Crippen LogP) is 9.39. The standard InChI is InChI=1S/C38H24N4/c1-2-4-34-33(3-1)37-19-27(31-17-29(21-41-23-31)25-9-13-39-14-10-25)5-7-35(37)36-8-6-28(20-38(34)36)32-18-30(22-42-24-32)26-11-15-40-16-12-26/h1-24H. The number of benzene rings is 4. The van der Waals surface area contributed by atoms with Gasteiger partial charge >= 0.3 is 0 Å². The lowest BCUT2D eigenvalue weighted by atomic mass is 9.90. The fourth-order valence-electron chi connectivity index (χ4n) is 5.92. The van der Waals surface area contributed by atoms with Gasteiger partial charge in [0.05, 0.1) is 0 Å². The molecule has 0 aliphatic rings. The van der Waals surface area contributed by atoms with Gasteiger partial charge in [0.1, 0.15) is 0 Å². The SMILES string of the molecule is c1ccc2c(c1)c1cc(-c3cncc(-c4ccncc4)c3)ccc1c1ccc(-c3cncc(-c4ccncc4)c3)cc21. The summed E-state index contributed by atoms with van der Waals surface area (Å²) in [4.78, 5) is 17.4. The van der Waals surface area contributed by atoms with Gasteiger partial charge in [0.25, 0.3) is 0 Å². The minimum Gasteiger partial charge on any atom is -0.265 e. The molecule has 4 heteroatoms. The molecule has 0 radical (unpaired) electrons. The average molecular weight is 537 g/mol. The van der Waals surface area contributed by atoms with E-state index in [2.05, 4.69) is 92.7 Å². The molecule has 4 aromatic heterocycles. The van der Waals surface area contributed by atoms with Gasteiger partial charge in [-0.25, -0.2) is 0 Å². The van der Waals surface area contributed by atoms with Gasteiger partial charge in [-0.2, -0.15) is 0 Å². The van der Waals surface area contributed by atoms with Crippen LogP contribution in [0.25, 0.3) is 76.8 Å². The molecule has 42 heavy (non-hydrogen) atoms. The van der Waals surface area contributed by atoms with Gasteiger partial charge in [-0.1, -0.05) is 48.5 Å². The molecule has 0 saturated carbocycles. The minimum atomic E-state index is 1.08. The normalized spacial score (nSPS) is 11.3. The van der Waals surface area contributed by atoms with Crippen LogP contribution in [0.1, 0.15) is 0 Å². The number of aromatic nitrogens is 4. The van der Waals surface area contributed by atoms with E-state index < -0.39 is 0 Å². The van der Waals surface area contributed by atoms with Crippen LogP contribution in [0, 0.1) is 0 Å². The van der Waals surface area contributed by atoms with E-state index in [9.17, 15) is 0 Å². The van der Waals surface area contributed by atoms with Crippen molar-refractivity contribution < 1.29 is 0 Å². The number of hydrogen-bond donors (Lipinski definition) is 0. The van der Waals surface area contributed by atoms with Gasteiger partial charge in [-0.3, -0.25) is 19.9 Å². The van der Waals surface area contributed by atoms with E-state index in [0.717, 1.165) is 44.5 Å². The Hall–Kier alpha value is -5.74. The highest BCUT2D eigenvalue weighted by molar-refractivity contribution is 6.26. The molecule has 0 saturated heterocycles. The first kappa shape index (κ1) is 24.1. The Morgan fingerprint density at radius 2 is 0.643 bits per heavy atom. The van der Waals surface area contributed by atoms with E-state index in [4.69, 9.17) is 0 Å². The summed E-state index contributed by atoms with van der Waals surface area (Å²) in [5.74, 6) is 0. The maximum atomic E-state index is 4.57. The van der Waals surface area contributed by atoms with Crippen LogP contribution in [-0.2, 0) is 0 Å². The van der Waals surface area contributed by atoms with Gasteiger partial charge < -0.3 is 0 Å². The predicted molar refractivity (Wildman–Crippen MR) is 172 cm³/mol. The molecule has 0 aliphatic heterocycles. The van der Waals surface area contributed by atoms with Crippen molar-refractivity contribution >= 4 is 32.3 Å². The van der Waals surface area contributed by atoms with E-state index in [0.29, 0.717) is 0 Å². The van der Waals surface area contributed by atoms with Crippen molar-refractivity contribution in [1.29, 1.82) is 0 Å². The molecule has 0 fully saturated rings. The Bertz CT molecular complexity index is 2060. The highest BCUT2D eigenvalue weighted by Gasteiger charge is 2.12. The van der Waals surface area contributed by atoms with Crippen LogP contribution >= 0.6 is 0 Å². The molecule has 4 heterocycles. The van der Waals surface area contributed by atoms with Crippen LogP contribution in [0.3, 0.4) is 0 Å². The first-order chi connectivity index (χ1) is 20.8. The molecule has 0 aliphatic carbocycles. The number of hydrogen-bond acceptors (Lipinski definition) is 4. The summed E-state index contributed by atoms with van der Waals surface area (Å²) in [6, 6.07) is 34.7. The Kier molecular flexibility index (Phi) is 5.75. The second-order valence-electron chi connectivity index (χ2n) is 10.5. The second-order valence-corrected chi connectivity index (χ2v) is 10.5. The Balaban J connectivity index is 1.28. The minimum absolute atomic E-state index is 1.08. The van der Waals surface area contributed by atoms with Crippen LogP contribution in [0.15, 0.2) is 147 Å². The molecule has 196 valence electrons. The number of rotatable bonds is 4. The Morgan fingerprint density at radius 1 is 0.262 bits per heavy atom. The molecule has 4 nitrogen and oxygen atoms in total. The first-order valence-electron chi connectivity index (χ1n) is 13.9. The van der Waals surface area contributed by atoms with Crippen molar-refractivity contribution in [3.63, 3.8) is 0 Å². The zero-order valence-corrected chi connectivity index (χ0v) is 22.6. The van der Waals surface area contributed by atoms with Gasteiger partial charge in [0, 0.05) is 71.8 Å². The molecule has 8 aromatic rings. The molecule has 0 amide bonds. The van der Waals surface area contributed by atoms with Crippen LogP contribution in [0.4, 0.5) is 0 Å². The zero-order chi connectivity index (χ0) is 27.9. The van der Waals surface area contributed by atoms with Crippen LogP contribution < -0.4 is 0 Å². The van der Waals surface area contributed by atoms with Crippen molar-refractivity contribution in [1.82, 2.24) is 19.9 Å². The Morgan fingerprint density at radius 3 is 1.07 bits per heavy atom. The van der Waals surface area contributed by atoms with Crippen molar-refractivity contribution in [2.75, 3.05) is 0 Å². The zero-order valence-electron chi connectivity index (χ0n) is 22.6. The fourth-order valence-corrected chi connectivity index (χ4v) is 5.92. The summed E-state index contributed by atoms with van der Waals surface area (Å²) in [5.41, 5.74) is 8.83. The van der Waals surface area contributed by atoms with Crippen molar-refractivity contribution in [3.8, 4) is 44.5 Å². The van der Waals surface area contributed by atoms with Gasteiger partial charge in [-0.15, -0.1) is 0 Å². The third-order valence-corrected chi connectivity index (χ3v) is 8.01. The first-order valence-corrected chi connectivity index (χ1v) is 13.9. The maximum absolute atomic E-state index is 4.57. The molecular weight excluding hydrogens is 512 g/mol. The molecular formula is C38H24N4. The van der Waals surface area contributed by atoms with E-state index in [1.165, 1.54) is 32.3 Å². The Labute approximate surface area is 243 Å². The number of pyridine rings is 4. The summed E-state index contributed by atoms with van der Waals surface area (Å²) < 4.78 is 0. The molecule has 4 aromatic carbocycles. The monoisotopic (exact) mass is 536 g/mol. The second kappa shape index (κ2) is 10.0. The quantitative estimate of drug-likeness (QED) is 0.210. The van der Waals surface area contributed by atoms with Crippen LogP contribution in [0.2, 0.25) is 0 Å². The molecule has 8 rings (SSSR count). The third kappa shape index (κ3) is 4.18. The molecule has 0 N–H and O–H groups in total. The van der Waals surface area contributed by atoms with Gasteiger partial charge in [-0.05, 0) is 103 Å². The van der Waals surface area contributed by atoms with Gasteiger partial charge in [0.15, 0.2) is 0 Å². The van der Waals surface area contributed by atoms with Crippen molar-refractivity contribution in [2.24, 2.45) is 0 Å². The van der Waals surface area contributed by atoms with E-state index in [1.54, 1.807) is 0 Å². The lowest BCUT2D eigenvalue weighted by molar-refractivity contribution is 1.30. The summed E-state index contributed by atoms with van der Waals surface area (Å²) >= 11 is 0. The molecule has 0 bridgehead atoms. The number of nitrogens with zero attached hydrogens (tertiary/aromatic N) is 4. The highest BCUT2D eigenvalue weighted by Crippen LogP contribution is 2.39. The summed E-state index contributed by atoms with van der Waals surface area (Å²) in [6.07, 6.45) is 14.9. The van der Waals surface area contributed by atoms with Crippen molar-refractivity contribution in [3.05, 3.63) is 147 Å². The summed E-state index contributed by atoms with van der Waals surface area (Å²) in [5, 5.41) is 7.42. The third-order valence-electron chi connectivity index (χ3n) is 8.01. The molecule has 0 atom stereocenters.